The first kappa shape index (κ1) is 14.0. The Balaban J connectivity index is 2.10. The van der Waals surface area contributed by atoms with E-state index in [0.29, 0.717) is 12.1 Å². The van der Waals surface area contributed by atoms with E-state index in [1.165, 1.54) is 19.3 Å². The average molecular weight is 360 g/mol. The highest BCUT2D eigenvalue weighted by Gasteiger charge is 2.24. The van der Waals surface area contributed by atoms with Crippen LogP contribution in [-0.4, -0.2) is 35.1 Å². The van der Waals surface area contributed by atoms with Gasteiger partial charge in [-0.05, 0) is 41.9 Å². The molecule has 100 valence electrons. The van der Waals surface area contributed by atoms with Gasteiger partial charge >= 0.3 is 0 Å². The van der Waals surface area contributed by atoms with Gasteiger partial charge in [0.2, 0.25) is 0 Å². The highest BCUT2D eigenvalue weighted by Crippen LogP contribution is 2.26. The number of hydrogen-bond donors (Lipinski definition) is 1. The van der Waals surface area contributed by atoms with Crippen molar-refractivity contribution in [3.05, 3.63) is 16.1 Å². The van der Waals surface area contributed by atoms with Crippen molar-refractivity contribution >= 4 is 28.4 Å². The van der Waals surface area contributed by atoms with Gasteiger partial charge in [0.15, 0.2) is 0 Å². The van der Waals surface area contributed by atoms with Gasteiger partial charge < -0.3 is 10.2 Å². The number of anilines is 1. The lowest BCUT2D eigenvalue weighted by atomic mass is 10.0. The first-order valence-electron chi connectivity index (χ1n) is 6.64. The molecule has 1 aliphatic rings. The summed E-state index contributed by atoms with van der Waals surface area (Å²) in [6, 6.07) is 1.10. The summed E-state index contributed by atoms with van der Waals surface area (Å²) in [5.41, 5.74) is 0. The fourth-order valence-electron chi connectivity index (χ4n) is 2.38. The number of nitrogens with one attached hydrogen (secondary N) is 1. The van der Waals surface area contributed by atoms with Crippen LogP contribution in [0.2, 0.25) is 0 Å². The number of nitrogens with zero attached hydrogens (tertiary/aromatic N) is 3. The average Bonchev–Trinajstić information content (AvgIpc) is 2.37. The third kappa shape index (κ3) is 3.54. The normalized spacial score (nSPS) is 20.4. The molecular weight excluding hydrogens is 339 g/mol. The highest BCUT2D eigenvalue weighted by molar-refractivity contribution is 14.1. The summed E-state index contributed by atoms with van der Waals surface area (Å²) in [5, 5.41) is 3.55. The molecule has 2 rings (SSSR count). The fourth-order valence-corrected chi connectivity index (χ4v) is 2.99. The van der Waals surface area contributed by atoms with Gasteiger partial charge in [-0.25, -0.2) is 9.97 Å². The maximum Gasteiger partial charge on any atom is 0.145 e. The zero-order chi connectivity index (χ0) is 13.0. The molecule has 18 heavy (non-hydrogen) atoms. The molecule has 0 spiro atoms. The van der Waals surface area contributed by atoms with Crippen LogP contribution >= 0.6 is 22.6 Å². The predicted octanol–water partition coefficient (Wildman–Crippen LogP) is 2.44. The van der Waals surface area contributed by atoms with Crippen molar-refractivity contribution in [1.29, 1.82) is 0 Å². The molecule has 1 aromatic heterocycles. The van der Waals surface area contributed by atoms with Crippen LogP contribution in [0.1, 0.15) is 33.1 Å². The van der Waals surface area contributed by atoms with Crippen molar-refractivity contribution < 1.29 is 0 Å². The van der Waals surface area contributed by atoms with E-state index in [1.807, 2.05) is 6.20 Å². The van der Waals surface area contributed by atoms with Crippen molar-refractivity contribution in [2.75, 3.05) is 18.0 Å². The Morgan fingerprint density at radius 2 is 2.33 bits per heavy atom. The third-order valence-electron chi connectivity index (χ3n) is 3.31. The Labute approximate surface area is 123 Å². The van der Waals surface area contributed by atoms with Gasteiger partial charge in [0.1, 0.15) is 12.1 Å². The van der Waals surface area contributed by atoms with Crippen molar-refractivity contribution in [3.8, 4) is 0 Å². The quantitative estimate of drug-likeness (QED) is 0.838. The van der Waals surface area contributed by atoms with Crippen LogP contribution in [0.15, 0.2) is 12.5 Å². The van der Waals surface area contributed by atoms with E-state index in [4.69, 9.17) is 0 Å². The van der Waals surface area contributed by atoms with Gasteiger partial charge in [-0.2, -0.15) is 0 Å². The van der Waals surface area contributed by atoms with Crippen molar-refractivity contribution in [2.45, 2.75) is 45.2 Å². The maximum atomic E-state index is 4.46. The Kier molecular flexibility index (Phi) is 5.17. The lowest BCUT2D eigenvalue weighted by molar-refractivity contribution is 0.418. The zero-order valence-corrected chi connectivity index (χ0v) is 13.2. The molecule has 0 bridgehead atoms. The van der Waals surface area contributed by atoms with E-state index in [1.54, 1.807) is 6.33 Å². The van der Waals surface area contributed by atoms with Crippen LogP contribution in [0, 0.1) is 3.57 Å². The van der Waals surface area contributed by atoms with Gasteiger partial charge in [0.25, 0.3) is 0 Å². The van der Waals surface area contributed by atoms with Crippen LogP contribution in [0.3, 0.4) is 0 Å². The molecule has 1 fully saturated rings. The second kappa shape index (κ2) is 6.65. The van der Waals surface area contributed by atoms with Crippen molar-refractivity contribution in [2.24, 2.45) is 0 Å². The van der Waals surface area contributed by atoms with Gasteiger partial charge in [0, 0.05) is 31.4 Å². The Hall–Kier alpha value is -0.430. The van der Waals surface area contributed by atoms with E-state index >= 15 is 0 Å². The van der Waals surface area contributed by atoms with Crippen LogP contribution in [0.4, 0.5) is 5.82 Å². The molecule has 0 amide bonds. The summed E-state index contributed by atoms with van der Waals surface area (Å²) in [4.78, 5) is 11.0. The SMILES string of the molecule is CC(C)NCC1CCCCN1c1ncncc1I. The van der Waals surface area contributed by atoms with E-state index < -0.39 is 0 Å². The van der Waals surface area contributed by atoms with Crippen LogP contribution in [-0.2, 0) is 0 Å². The van der Waals surface area contributed by atoms with Crippen LogP contribution < -0.4 is 10.2 Å². The topological polar surface area (TPSA) is 41.0 Å². The van der Waals surface area contributed by atoms with E-state index in [2.05, 4.69) is 56.6 Å². The Morgan fingerprint density at radius 1 is 1.50 bits per heavy atom. The molecule has 5 heteroatoms. The first-order chi connectivity index (χ1) is 8.68. The van der Waals surface area contributed by atoms with Gasteiger partial charge in [-0.3, -0.25) is 0 Å². The largest absolute Gasteiger partial charge is 0.351 e. The summed E-state index contributed by atoms with van der Waals surface area (Å²) >= 11 is 2.33. The molecule has 0 radical (unpaired) electrons. The van der Waals surface area contributed by atoms with Crippen LogP contribution in [0.25, 0.3) is 0 Å². The standard InChI is InChI=1S/C13H21IN4/c1-10(2)16-7-11-5-3-4-6-18(11)13-12(14)8-15-9-17-13/h8-11,16H,3-7H2,1-2H3. The molecule has 1 aliphatic heterocycles. The zero-order valence-electron chi connectivity index (χ0n) is 11.1. The molecule has 0 aromatic carbocycles. The molecule has 2 heterocycles. The van der Waals surface area contributed by atoms with Crippen molar-refractivity contribution in [3.63, 3.8) is 0 Å². The molecule has 1 atom stereocenters. The smallest absolute Gasteiger partial charge is 0.145 e. The number of rotatable bonds is 4. The molecule has 4 nitrogen and oxygen atoms in total. The summed E-state index contributed by atoms with van der Waals surface area (Å²) in [6.07, 6.45) is 7.38. The molecule has 0 saturated carbocycles. The Morgan fingerprint density at radius 3 is 3.06 bits per heavy atom. The number of aromatic nitrogens is 2. The van der Waals surface area contributed by atoms with E-state index in [9.17, 15) is 0 Å². The molecule has 1 saturated heterocycles. The number of piperidine rings is 1. The number of halogens is 1. The minimum Gasteiger partial charge on any atom is -0.351 e. The summed E-state index contributed by atoms with van der Waals surface area (Å²) in [5.74, 6) is 1.10. The lowest BCUT2D eigenvalue weighted by Crippen LogP contribution is -2.47. The monoisotopic (exact) mass is 360 g/mol. The van der Waals surface area contributed by atoms with Crippen LogP contribution in [0.5, 0.6) is 0 Å². The second-order valence-corrected chi connectivity index (χ2v) is 6.26. The predicted molar refractivity (Wildman–Crippen MR) is 82.9 cm³/mol. The maximum absolute atomic E-state index is 4.46. The van der Waals surface area contributed by atoms with E-state index in [-0.39, 0.29) is 0 Å². The molecule has 1 aromatic rings. The minimum atomic E-state index is 0.540. The molecule has 1 unspecified atom stereocenters. The van der Waals surface area contributed by atoms with Gasteiger partial charge in [-0.15, -0.1) is 0 Å². The lowest BCUT2D eigenvalue weighted by Gasteiger charge is -2.37. The Bertz CT molecular complexity index is 383. The second-order valence-electron chi connectivity index (χ2n) is 5.10. The summed E-state index contributed by atoms with van der Waals surface area (Å²) in [7, 11) is 0. The molecule has 1 N–H and O–H groups in total. The molecular formula is C13H21IN4. The van der Waals surface area contributed by atoms with Crippen molar-refractivity contribution in [1.82, 2.24) is 15.3 Å². The minimum absolute atomic E-state index is 0.540. The fraction of sp³-hybridized carbons (Fsp3) is 0.692. The number of hydrogen-bond acceptors (Lipinski definition) is 4. The highest BCUT2D eigenvalue weighted by atomic mass is 127. The third-order valence-corrected chi connectivity index (χ3v) is 4.07. The van der Waals surface area contributed by atoms with E-state index in [0.717, 1.165) is 22.5 Å². The summed E-state index contributed by atoms with van der Waals surface area (Å²) < 4.78 is 1.14. The van der Waals surface area contributed by atoms with Gasteiger partial charge in [0.05, 0.1) is 3.57 Å². The first-order valence-corrected chi connectivity index (χ1v) is 7.72. The summed E-state index contributed by atoms with van der Waals surface area (Å²) in [6.45, 7) is 6.54. The molecule has 0 aliphatic carbocycles. The van der Waals surface area contributed by atoms with Gasteiger partial charge in [-0.1, -0.05) is 13.8 Å².